The van der Waals surface area contributed by atoms with Crippen molar-refractivity contribution in [2.45, 2.75) is 45.3 Å². The Morgan fingerprint density at radius 3 is 2.62 bits per heavy atom. The molecule has 32 heavy (non-hydrogen) atoms. The molecule has 1 fully saturated rings. The molecule has 0 aliphatic carbocycles. The molecule has 0 saturated carbocycles. The van der Waals surface area contributed by atoms with Gasteiger partial charge >= 0.3 is 5.97 Å². The van der Waals surface area contributed by atoms with Crippen LogP contribution < -0.4 is 9.64 Å². The molecule has 0 spiro atoms. The second-order valence-corrected chi connectivity index (χ2v) is 8.84. The molecule has 3 aromatic rings. The lowest BCUT2D eigenvalue weighted by molar-refractivity contribution is 0.0692. The summed E-state index contributed by atoms with van der Waals surface area (Å²) in [6, 6.07) is 16.3. The van der Waals surface area contributed by atoms with Crippen LogP contribution >= 0.6 is 15.9 Å². The number of carboxylic acids is 1. The molecule has 1 N–H and O–H groups in total. The summed E-state index contributed by atoms with van der Waals surface area (Å²) in [4.78, 5) is 22.9. The molecule has 2 aromatic carbocycles. The van der Waals surface area contributed by atoms with Crippen molar-refractivity contribution in [1.29, 1.82) is 0 Å². The Morgan fingerprint density at radius 1 is 1.19 bits per heavy atom. The van der Waals surface area contributed by atoms with Crippen LogP contribution in [0.15, 0.2) is 59.2 Å². The van der Waals surface area contributed by atoms with Crippen molar-refractivity contribution in [3.8, 4) is 5.75 Å². The summed E-state index contributed by atoms with van der Waals surface area (Å²) in [6.07, 6.45) is 5.53. The Hall–Kier alpha value is -2.93. The smallest absolute Gasteiger partial charge is 0.339 e. The maximum Gasteiger partial charge on any atom is 0.339 e. The van der Waals surface area contributed by atoms with E-state index in [1.54, 1.807) is 0 Å². The quantitative estimate of drug-likeness (QED) is 0.424. The zero-order valence-corrected chi connectivity index (χ0v) is 19.6. The number of rotatable bonds is 8. The lowest BCUT2D eigenvalue weighted by atomic mass is 10.1. The van der Waals surface area contributed by atoms with E-state index >= 15 is 0 Å². The summed E-state index contributed by atoms with van der Waals surface area (Å²) < 4.78 is 6.92. The fourth-order valence-electron chi connectivity index (χ4n) is 4.06. The number of hydrogen-bond donors (Lipinski definition) is 1. The fraction of sp³-hybridized carbons (Fsp3) is 0.320. The maximum absolute atomic E-state index is 11.7. The topological polar surface area (TPSA) is 75.5 Å². The number of halogens is 1. The molecule has 1 aromatic heterocycles. The van der Waals surface area contributed by atoms with E-state index in [-0.39, 0.29) is 18.2 Å². The van der Waals surface area contributed by atoms with Crippen LogP contribution in [0.5, 0.6) is 5.75 Å². The van der Waals surface area contributed by atoms with Crippen molar-refractivity contribution in [2.75, 3.05) is 11.4 Å². The van der Waals surface area contributed by atoms with Crippen LogP contribution in [0, 0.1) is 0 Å². The van der Waals surface area contributed by atoms with Gasteiger partial charge in [-0.2, -0.15) is 0 Å². The van der Waals surface area contributed by atoms with Gasteiger partial charge in [0.2, 0.25) is 5.95 Å². The first-order valence-corrected chi connectivity index (χ1v) is 11.7. The average Bonchev–Trinajstić information content (AvgIpc) is 3.29. The van der Waals surface area contributed by atoms with Gasteiger partial charge in [-0.15, -0.1) is 0 Å². The fourth-order valence-corrected chi connectivity index (χ4v) is 4.33. The van der Waals surface area contributed by atoms with Gasteiger partial charge in [-0.25, -0.2) is 14.8 Å². The highest BCUT2D eigenvalue weighted by Gasteiger charge is 2.29. The van der Waals surface area contributed by atoms with Gasteiger partial charge in [-0.1, -0.05) is 53.5 Å². The molecule has 1 aliphatic rings. The second-order valence-electron chi connectivity index (χ2n) is 7.92. The molecule has 1 aliphatic heterocycles. The summed E-state index contributed by atoms with van der Waals surface area (Å²) in [7, 11) is 0. The zero-order valence-electron chi connectivity index (χ0n) is 18.0. The standard InChI is InChI=1S/C25H26BrN3O3/c1-2-4-17-6-12-20(13-7-17)32-16-22-21(24(30)31)15-27-25(28-22)29-14-3-5-23(29)18-8-10-19(26)11-9-18/h6-13,15,23H,2-5,14,16H2,1H3,(H,30,31). The van der Waals surface area contributed by atoms with Gasteiger partial charge < -0.3 is 14.7 Å². The normalized spacial score (nSPS) is 15.7. The third-order valence-electron chi connectivity index (χ3n) is 5.69. The third-order valence-corrected chi connectivity index (χ3v) is 6.22. The molecular weight excluding hydrogens is 470 g/mol. The predicted molar refractivity (Wildman–Crippen MR) is 127 cm³/mol. The number of aryl methyl sites for hydroxylation is 1. The molecule has 7 heteroatoms. The van der Waals surface area contributed by atoms with E-state index < -0.39 is 5.97 Å². The van der Waals surface area contributed by atoms with E-state index in [4.69, 9.17) is 4.74 Å². The highest BCUT2D eigenvalue weighted by molar-refractivity contribution is 9.10. The van der Waals surface area contributed by atoms with Gasteiger partial charge in [-0.3, -0.25) is 0 Å². The first kappa shape index (κ1) is 22.3. The first-order valence-electron chi connectivity index (χ1n) is 10.9. The Bertz CT molecular complexity index is 1070. The van der Waals surface area contributed by atoms with Gasteiger partial charge in [0.1, 0.15) is 17.9 Å². The lowest BCUT2D eigenvalue weighted by Crippen LogP contribution is -2.26. The summed E-state index contributed by atoms with van der Waals surface area (Å²) >= 11 is 3.49. The van der Waals surface area contributed by atoms with Gasteiger partial charge in [0.25, 0.3) is 0 Å². The van der Waals surface area contributed by atoms with E-state index in [9.17, 15) is 9.90 Å². The molecule has 0 amide bonds. The second kappa shape index (κ2) is 10.1. The average molecular weight is 496 g/mol. The summed E-state index contributed by atoms with van der Waals surface area (Å²) in [6.45, 7) is 3.04. The predicted octanol–water partition coefficient (Wildman–Crippen LogP) is 5.81. The van der Waals surface area contributed by atoms with E-state index in [1.807, 2.05) is 36.4 Å². The number of nitrogens with zero attached hydrogens (tertiary/aromatic N) is 3. The lowest BCUT2D eigenvalue weighted by Gasteiger charge is -2.25. The molecule has 1 saturated heterocycles. The highest BCUT2D eigenvalue weighted by Crippen LogP contribution is 2.35. The van der Waals surface area contributed by atoms with E-state index in [2.05, 4.69) is 49.9 Å². The van der Waals surface area contributed by atoms with Crippen LogP contribution in [0.1, 0.15) is 59.4 Å². The molecule has 1 atom stereocenters. The van der Waals surface area contributed by atoms with Crippen molar-refractivity contribution in [1.82, 2.24) is 9.97 Å². The summed E-state index contributed by atoms with van der Waals surface area (Å²) in [5.41, 5.74) is 2.89. The minimum absolute atomic E-state index is 0.0655. The van der Waals surface area contributed by atoms with E-state index in [1.165, 1.54) is 17.3 Å². The SMILES string of the molecule is CCCc1ccc(OCc2nc(N3CCCC3c3ccc(Br)cc3)ncc2C(=O)O)cc1. The Kier molecular flexibility index (Phi) is 7.05. The molecule has 4 rings (SSSR count). The van der Waals surface area contributed by atoms with Gasteiger partial charge in [0, 0.05) is 17.2 Å². The minimum atomic E-state index is -1.06. The molecule has 1 unspecified atom stereocenters. The van der Waals surface area contributed by atoms with Crippen molar-refractivity contribution >= 4 is 27.8 Å². The largest absolute Gasteiger partial charge is 0.487 e. The number of carbonyl (C=O) groups is 1. The van der Waals surface area contributed by atoms with Crippen LogP contribution in [0.2, 0.25) is 0 Å². The highest BCUT2D eigenvalue weighted by atomic mass is 79.9. The van der Waals surface area contributed by atoms with Crippen molar-refractivity contribution < 1.29 is 14.6 Å². The van der Waals surface area contributed by atoms with Crippen LogP contribution in [0.25, 0.3) is 0 Å². The van der Waals surface area contributed by atoms with Gasteiger partial charge in [0.15, 0.2) is 0 Å². The van der Waals surface area contributed by atoms with Crippen molar-refractivity contribution in [3.63, 3.8) is 0 Å². The summed E-state index contributed by atoms with van der Waals surface area (Å²) in [5.74, 6) is 0.173. The Morgan fingerprint density at radius 2 is 1.94 bits per heavy atom. The molecule has 0 bridgehead atoms. The van der Waals surface area contributed by atoms with E-state index in [0.29, 0.717) is 17.4 Å². The van der Waals surface area contributed by atoms with Crippen molar-refractivity contribution in [2.24, 2.45) is 0 Å². The number of aromatic carboxylic acids is 1. The molecular formula is C25H26BrN3O3. The summed E-state index contributed by atoms with van der Waals surface area (Å²) in [5, 5.41) is 9.62. The number of ether oxygens (including phenoxy) is 1. The molecule has 6 nitrogen and oxygen atoms in total. The monoisotopic (exact) mass is 495 g/mol. The number of carboxylic acid groups (broad SMARTS) is 1. The van der Waals surface area contributed by atoms with Crippen LogP contribution in [-0.4, -0.2) is 27.6 Å². The number of benzene rings is 2. The Balaban J connectivity index is 1.56. The van der Waals surface area contributed by atoms with Crippen LogP contribution in [-0.2, 0) is 13.0 Å². The van der Waals surface area contributed by atoms with Crippen molar-refractivity contribution in [3.05, 3.63) is 81.6 Å². The number of aromatic nitrogens is 2. The van der Waals surface area contributed by atoms with Crippen LogP contribution in [0.4, 0.5) is 5.95 Å². The van der Waals surface area contributed by atoms with Gasteiger partial charge in [-0.05, 0) is 54.7 Å². The molecule has 166 valence electrons. The van der Waals surface area contributed by atoms with Crippen LogP contribution in [0.3, 0.4) is 0 Å². The van der Waals surface area contributed by atoms with E-state index in [0.717, 1.165) is 36.7 Å². The minimum Gasteiger partial charge on any atom is -0.487 e. The first-order chi connectivity index (χ1) is 15.5. The maximum atomic E-state index is 11.7. The number of hydrogen-bond acceptors (Lipinski definition) is 5. The Labute approximate surface area is 196 Å². The molecule has 2 heterocycles. The molecule has 0 radical (unpaired) electrons. The number of anilines is 1. The third kappa shape index (κ3) is 5.10. The van der Waals surface area contributed by atoms with Gasteiger partial charge in [0.05, 0.1) is 11.7 Å². The zero-order chi connectivity index (χ0) is 22.5.